The molecule has 0 aromatic heterocycles. The maximum absolute atomic E-state index is 12.4. The van der Waals surface area contributed by atoms with Crippen LogP contribution in [-0.2, 0) is 23.8 Å². The third kappa shape index (κ3) is 5.39. The molecule has 0 aromatic carbocycles. The van der Waals surface area contributed by atoms with Crippen LogP contribution in [0.25, 0.3) is 0 Å². The molecule has 2 saturated heterocycles. The van der Waals surface area contributed by atoms with E-state index in [2.05, 4.69) is 90.4 Å². The first-order valence-electron chi connectivity index (χ1n) is 6.86. The summed E-state index contributed by atoms with van der Waals surface area (Å²) in [5.41, 5.74) is 0. The minimum Gasteiger partial charge on any atom is -0.460 e. The molecular weight excluding hydrogens is 756 g/mol. The van der Waals surface area contributed by atoms with Crippen molar-refractivity contribution in [1.29, 1.82) is 0 Å². The second-order valence-electron chi connectivity index (χ2n) is 5.17. The van der Waals surface area contributed by atoms with Crippen molar-refractivity contribution in [2.45, 2.75) is 25.0 Å². The lowest BCUT2D eigenvalue weighted by Crippen LogP contribution is -2.40. The molecule has 23 heavy (non-hydrogen) atoms. The summed E-state index contributed by atoms with van der Waals surface area (Å²) in [5.74, 6) is -1.85. The molecule has 2 heterocycles. The minimum absolute atomic E-state index is 0.230. The second kappa shape index (κ2) is 9.85. The van der Waals surface area contributed by atoms with Gasteiger partial charge in [-0.2, -0.15) is 0 Å². The van der Waals surface area contributed by atoms with Gasteiger partial charge in [0.15, 0.2) is 0 Å². The summed E-state index contributed by atoms with van der Waals surface area (Å²) in [6.07, 6.45) is 1.12. The SMILES string of the molecule is O=C(OCC(I)=CI)C1C2CCC(O2)C1C(=O)OCC(I)=CI. The van der Waals surface area contributed by atoms with E-state index in [4.69, 9.17) is 14.2 Å². The predicted octanol–water partition coefficient (Wildman–Crippen LogP) is 4.29. The number of ether oxygens (including phenoxy) is 3. The number of fused-ring (bicyclic) bond motifs is 2. The van der Waals surface area contributed by atoms with Crippen molar-refractivity contribution in [1.82, 2.24) is 0 Å². The lowest BCUT2D eigenvalue weighted by atomic mass is 9.79. The van der Waals surface area contributed by atoms with Crippen molar-refractivity contribution in [3.63, 3.8) is 0 Å². The van der Waals surface area contributed by atoms with Gasteiger partial charge in [-0.05, 0) is 66.2 Å². The van der Waals surface area contributed by atoms with Gasteiger partial charge in [-0.15, -0.1) is 0 Å². The van der Waals surface area contributed by atoms with Gasteiger partial charge in [0.25, 0.3) is 0 Å². The molecular formula is C14H14I4O5. The van der Waals surface area contributed by atoms with E-state index < -0.39 is 11.8 Å². The number of hydrogen-bond acceptors (Lipinski definition) is 5. The highest BCUT2D eigenvalue weighted by Gasteiger charge is 2.56. The quantitative estimate of drug-likeness (QED) is 0.299. The van der Waals surface area contributed by atoms with Crippen molar-refractivity contribution in [2.24, 2.45) is 11.8 Å². The van der Waals surface area contributed by atoms with Gasteiger partial charge in [-0.1, -0.05) is 45.2 Å². The summed E-state index contributed by atoms with van der Waals surface area (Å²) in [6.45, 7) is 0.459. The van der Waals surface area contributed by atoms with E-state index in [9.17, 15) is 9.59 Å². The first-order valence-corrected chi connectivity index (χ1v) is 11.5. The predicted molar refractivity (Wildman–Crippen MR) is 119 cm³/mol. The molecule has 0 spiro atoms. The van der Waals surface area contributed by atoms with Gasteiger partial charge in [0.1, 0.15) is 13.2 Å². The van der Waals surface area contributed by atoms with Gasteiger partial charge in [0.05, 0.1) is 24.0 Å². The summed E-state index contributed by atoms with van der Waals surface area (Å²) < 4.78 is 22.0. The molecule has 2 bridgehead atoms. The molecule has 128 valence electrons. The molecule has 2 rings (SSSR count). The molecule has 2 aliphatic rings. The number of esters is 2. The molecule has 0 N–H and O–H groups in total. The molecule has 0 amide bonds. The summed E-state index contributed by atoms with van der Waals surface area (Å²) in [4.78, 5) is 24.8. The summed E-state index contributed by atoms with van der Waals surface area (Å²) in [5, 5.41) is 0. The summed E-state index contributed by atoms with van der Waals surface area (Å²) >= 11 is 8.42. The first-order chi connectivity index (χ1) is 11.0. The first kappa shape index (κ1) is 20.6. The van der Waals surface area contributed by atoms with Crippen LogP contribution in [0.4, 0.5) is 0 Å². The Morgan fingerprint density at radius 3 is 1.65 bits per heavy atom. The van der Waals surface area contributed by atoms with Crippen LogP contribution < -0.4 is 0 Å². The van der Waals surface area contributed by atoms with Crippen molar-refractivity contribution in [3.05, 3.63) is 15.3 Å². The fraction of sp³-hybridized carbons (Fsp3) is 0.571. The average molecular weight is 770 g/mol. The Balaban J connectivity index is 2.01. The molecule has 5 nitrogen and oxygen atoms in total. The number of hydrogen-bond donors (Lipinski definition) is 0. The number of halogens is 4. The van der Waals surface area contributed by atoms with Crippen molar-refractivity contribution in [3.8, 4) is 0 Å². The van der Waals surface area contributed by atoms with Gasteiger partial charge in [0, 0.05) is 7.16 Å². The van der Waals surface area contributed by atoms with Crippen LogP contribution in [0.3, 0.4) is 0 Å². The third-order valence-corrected chi connectivity index (χ3v) is 8.89. The van der Waals surface area contributed by atoms with Gasteiger partial charge < -0.3 is 14.2 Å². The topological polar surface area (TPSA) is 61.8 Å². The van der Waals surface area contributed by atoms with Crippen molar-refractivity contribution >= 4 is 102 Å². The third-order valence-electron chi connectivity index (χ3n) is 3.76. The van der Waals surface area contributed by atoms with Crippen LogP contribution in [0.1, 0.15) is 12.8 Å². The molecule has 9 heteroatoms. The largest absolute Gasteiger partial charge is 0.460 e. The maximum Gasteiger partial charge on any atom is 0.312 e. The molecule has 0 saturated carbocycles. The number of carbonyl (C=O) groups is 2. The Bertz CT molecular complexity index is 487. The molecule has 4 atom stereocenters. The Hall–Kier alpha value is 1.30. The van der Waals surface area contributed by atoms with Crippen LogP contribution in [0, 0.1) is 11.8 Å². The zero-order chi connectivity index (χ0) is 17.0. The van der Waals surface area contributed by atoms with Gasteiger partial charge in [0.2, 0.25) is 0 Å². The lowest BCUT2D eigenvalue weighted by Gasteiger charge is -2.24. The zero-order valence-corrected chi connectivity index (χ0v) is 20.5. The van der Waals surface area contributed by atoms with Crippen LogP contribution in [0.2, 0.25) is 0 Å². The minimum atomic E-state index is -0.555. The van der Waals surface area contributed by atoms with Crippen LogP contribution in [0.5, 0.6) is 0 Å². The van der Waals surface area contributed by atoms with Crippen molar-refractivity contribution < 1.29 is 23.8 Å². The summed E-state index contributed by atoms with van der Waals surface area (Å²) in [6, 6.07) is 0. The highest BCUT2D eigenvalue weighted by molar-refractivity contribution is 14.1. The van der Waals surface area contributed by atoms with Gasteiger partial charge in [-0.25, -0.2) is 0 Å². The molecule has 4 unspecified atom stereocenters. The molecule has 0 radical (unpaired) electrons. The molecule has 0 aromatic rings. The van der Waals surface area contributed by atoms with Crippen molar-refractivity contribution in [2.75, 3.05) is 13.2 Å². The van der Waals surface area contributed by atoms with E-state index in [0.717, 1.165) is 20.0 Å². The highest BCUT2D eigenvalue weighted by atomic mass is 127. The number of rotatable bonds is 6. The van der Waals surface area contributed by atoms with Gasteiger partial charge in [-0.3, -0.25) is 9.59 Å². The smallest absolute Gasteiger partial charge is 0.312 e. The van der Waals surface area contributed by atoms with E-state index in [1.165, 1.54) is 0 Å². The fourth-order valence-corrected chi connectivity index (χ4v) is 3.48. The van der Waals surface area contributed by atoms with Crippen LogP contribution in [0.15, 0.2) is 15.3 Å². The standard InChI is InChI=1S/C14H14I4O5/c15-3-7(17)5-21-13(19)11-9-1-2-10(23-9)12(11)14(20)22-6-8(18)4-16/h3-4,9-12H,1-2,5-6H2. The normalized spacial score (nSPS) is 30.4. The zero-order valence-electron chi connectivity index (χ0n) is 11.8. The fourth-order valence-electron chi connectivity index (χ4n) is 2.81. The van der Waals surface area contributed by atoms with E-state index in [-0.39, 0.29) is 37.4 Å². The van der Waals surface area contributed by atoms with Gasteiger partial charge >= 0.3 is 11.9 Å². The Labute approximate surface area is 189 Å². The van der Waals surface area contributed by atoms with E-state index >= 15 is 0 Å². The average Bonchev–Trinajstić information content (AvgIpc) is 3.17. The van der Waals surface area contributed by atoms with E-state index in [1.807, 2.05) is 8.17 Å². The Morgan fingerprint density at radius 2 is 1.30 bits per heavy atom. The maximum atomic E-state index is 12.4. The number of carbonyl (C=O) groups excluding carboxylic acids is 2. The summed E-state index contributed by atoms with van der Waals surface area (Å²) in [7, 11) is 0. The Kier molecular flexibility index (Phi) is 8.83. The van der Waals surface area contributed by atoms with E-state index in [0.29, 0.717) is 0 Å². The van der Waals surface area contributed by atoms with E-state index in [1.54, 1.807) is 0 Å². The molecule has 0 aliphatic carbocycles. The highest BCUT2D eigenvalue weighted by Crippen LogP contribution is 2.44. The monoisotopic (exact) mass is 770 g/mol. The molecule has 2 aliphatic heterocycles. The Morgan fingerprint density at radius 1 is 0.913 bits per heavy atom. The lowest BCUT2D eigenvalue weighted by molar-refractivity contribution is -0.159. The second-order valence-corrected chi connectivity index (χ2v) is 9.19. The van der Waals surface area contributed by atoms with Crippen LogP contribution in [-0.4, -0.2) is 37.4 Å². The molecule has 2 fully saturated rings. The van der Waals surface area contributed by atoms with Crippen LogP contribution >= 0.6 is 90.4 Å².